The van der Waals surface area contributed by atoms with Crippen LogP contribution in [0.15, 0.2) is 0 Å². The first kappa shape index (κ1) is 15.3. The van der Waals surface area contributed by atoms with Crippen molar-refractivity contribution < 1.29 is 8.42 Å². The Morgan fingerprint density at radius 2 is 1.94 bits per heavy atom. The van der Waals surface area contributed by atoms with Crippen LogP contribution < -0.4 is 5.32 Å². The molecule has 0 aromatic heterocycles. The van der Waals surface area contributed by atoms with Crippen molar-refractivity contribution in [2.24, 2.45) is 0 Å². The quantitative estimate of drug-likeness (QED) is 0.820. The molecule has 0 aliphatic carbocycles. The van der Waals surface area contributed by atoms with Gasteiger partial charge in [-0.3, -0.25) is 0 Å². The average Bonchev–Trinajstić information content (AvgIpc) is 2.54. The van der Waals surface area contributed by atoms with Crippen LogP contribution >= 0.6 is 11.8 Å². The van der Waals surface area contributed by atoms with E-state index in [1.807, 2.05) is 25.6 Å². The third-order valence-electron chi connectivity index (χ3n) is 2.86. The molecule has 1 N–H and O–H groups in total. The van der Waals surface area contributed by atoms with E-state index in [0.29, 0.717) is 25.7 Å². The van der Waals surface area contributed by atoms with Gasteiger partial charge in [0.05, 0.1) is 5.25 Å². The summed E-state index contributed by atoms with van der Waals surface area (Å²) in [5.74, 6) is 1.99. The zero-order chi connectivity index (χ0) is 12.9. The summed E-state index contributed by atoms with van der Waals surface area (Å²) >= 11 is 1.84. The zero-order valence-corrected chi connectivity index (χ0v) is 12.6. The number of nitrogens with zero attached hydrogens (tertiary/aromatic N) is 1. The van der Waals surface area contributed by atoms with E-state index in [-0.39, 0.29) is 5.25 Å². The van der Waals surface area contributed by atoms with Crippen LogP contribution in [0.3, 0.4) is 0 Å². The predicted octanol–water partition coefficient (Wildman–Crippen LogP) is 1.14. The van der Waals surface area contributed by atoms with Gasteiger partial charge >= 0.3 is 0 Å². The van der Waals surface area contributed by atoms with Crippen molar-refractivity contribution in [1.29, 1.82) is 0 Å². The molecule has 1 unspecified atom stereocenters. The molecule has 4 nitrogen and oxygen atoms in total. The topological polar surface area (TPSA) is 49.4 Å². The molecule has 1 aliphatic heterocycles. The summed E-state index contributed by atoms with van der Waals surface area (Å²) in [6, 6.07) is 0.326. The molecule has 1 heterocycles. The Morgan fingerprint density at radius 3 is 2.59 bits per heavy atom. The SMILES string of the molecule is CC(C)NCC(C)S(=O)(=O)N1CCCSCC1. The van der Waals surface area contributed by atoms with Gasteiger partial charge in [-0.25, -0.2) is 12.7 Å². The maximum absolute atomic E-state index is 12.3. The molecule has 1 aliphatic rings. The summed E-state index contributed by atoms with van der Waals surface area (Å²) in [7, 11) is -3.12. The van der Waals surface area contributed by atoms with Crippen LogP contribution in [0, 0.1) is 0 Å². The normalized spacial score (nSPS) is 21.4. The lowest BCUT2D eigenvalue weighted by Gasteiger charge is -2.24. The Labute approximate surface area is 110 Å². The molecule has 1 saturated heterocycles. The van der Waals surface area contributed by atoms with Gasteiger partial charge in [-0.2, -0.15) is 11.8 Å². The first-order valence-electron chi connectivity index (χ1n) is 6.24. The molecule has 0 aromatic rings. The molecule has 1 rings (SSSR count). The molecule has 1 atom stereocenters. The van der Waals surface area contributed by atoms with Crippen LogP contribution in [0.1, 0.15) is 27.2 Å². The van der Waals surface area contributed by atoms with Crippen LogP contribution in [0.4, 0.5) is 0 Å². The van der Waals surface area contributed by atoms with Crippen LogP contribution in [0.5, 0.6) is 0 Å². The number of rotatable bonds is 5. The second-order valence-corrected chi connectivity index (χ2v) is 8.36. The van der Waals surface area contributed by atoms with E-state index in [4.69, 9.17) is 0 Å². The van der Waals surface area contributed by atoms with Gasteiger partial charge in [0.25, 0.3) is 0 Å². The largest absolute Gasteiger partial charge is 0.313 e. The molecule has 17 heavy (non-hydrogen) atoms. The monoisotopic (exact) mass is 280 g/mol. The van der Waals surface area contributed by atoms with Crippen molar-refractivity contribution in [3.05, 3.63) is 0 Å². The third-order valence-corrected chi connectivity index (χ3v) is 6.18. The fraction of sp³-hybridized carbons (Fsp3) is 1.00. The van der Waals surface area contributed by atoms with E-state index in [2.05, 4.69) is 5.32 Å². The second-order valence-electron chi connectivity index (χ2n) is 4.78. The van der Waals surface area contributed by atoms with Gasteiger partial charge in [0.15, 0.2) is 0 Å². The third kappa shape index (κ3) is 4.77. The highest BCUT2D eigenvalue weighted by Crippen LogP contribution is 2.16. The maximum Gasteiger partial charge on any atom is 0.217 e. The van der Waals surface area contributed by atoms with E-state index in [1.54, 1.807) is 11.2 Å². The van der Waals surface area contributed by atoms with E-state index >= 15 is 0 Å². The Balaban J connectivity index is 2.58. The van der Waals surface area contributed by atoms with Crippen molar-refractivity contribution in [3.63, 3.8) is 0 Å². The van der Waals surface area contributed by atoms with E-state index in [9.17, 15) is 8.42 Å². The summed E-state index contributed by atoms with van der Waals surface area (Å²) in [6.07, 6.45) is 0.966. The highest BCUT2D eigenvalue weighted by Gasteiger charge is 2.28. The molecule has 0 radical (unpaired) electrons. The van der Waals surface area contributed by atoms with Crippen LogP contribution in [0.25, 0.3) is 0 Å². The average molecular weight is 280 g/mol. The summed E-state index contributed by atoms with van der Waals surface area (Å²) < 4.78 is 26.3. The first-order chi connectivity index (χ1) is 7.94. The molecular weight excluding hydrogens is 256 g/mol. The summed E-state index contributed by atoms with van der Waals surface area (Å²) in [6.45, 7) is 7.73. The van der Waals surface area contributed by atoms with E-state index < -0.39 is 10.0 Å². The molecule has 0 spiro atoms. The molecular formula is C11H24N2O2S2. The number of hydrogen-bond acceptors (Lipinski definition) is 4. The van der Waals surface area contributed by atoms with E-state index in [0.717, 1.165) is 17.9 Å². The van der Waals surface area contributed by atoms with Crippen molar-refractivity contribution in [2.45, 2.75) is 38.5 Å². The highest BCUT2D eigenvalue weighted by molar-refractivity contribution is 7.99. The zero-order valence-electron chi connectivity index (χ0n) is 11.0. The van der Waals surface area contributed by atoms with Gasteiger partial charge in [-0.05, 0) is 19.1 Å². The Kier molecular flexibility index (Phi) is 6.26. The lowest BCUT2D eigenvalue weighted by molar-refractivity contribution is 0.423. The highest BCUT2D eigenvalue weighted by atomic mass is 32.2. The minimum atomic E-state index is -3.12. The van der Waals surface area contributed by atoms with Crippen molar-refractivity contribution >= 4 is 21.8 Å². The maximum atomic E-state index is 12.3. The second kappa shape index (κ2) is 6.97. The van der Waals surface area contributed by atoms with Gasteiger partial charge in [-0.1, -0.05) is 13.8 Å². The van der Waals surface area contributed by atoms with Crippen LogP contribution in [-0.4, -0.2) is 55.2 Å². The predicted molar refractivity (Wildman–Crippen MR) is 75.0 cm³/mol. The van der Waals surface area contributed by atoms with Gasteiger partial charge in [0.1, 0.15) is 0 Å². The summed E-state index contributed by atoms with van der Waals surface area (Å²) in [4.78, 5) is 0. The molecule has 0 aromatic carbocycles. The number of nitrogens with one attached hydrogen (secondary N) is 1. The molecule has 0 bridgehead atoms. The standard InChI is InChI=1S/C11H24N2O2S2/c1-10(2)12-9-11(3)17(14,15)13-5-4-7-16-8-6-13/h10-12H,4-9H2,1-3H3. The van der Waals surface area contributed by atoms with Gasteiger partial charge in [-0.15, -0.1) is 0 Å². The molecule has 0 saturated carbocycles. The number of hydrogen-bond donors (Lipinski definition) is 1. The molecule has 6 heteroatoms. The smallest absolute Gasteiger partial charge is 0.217 e. The van der Waals surface area contributed by atoms with Crippen LogP contribution in [-0.2, 0) is 10.0 Å². The Hall–Kier alpha value is 0.220. The molecule has 1 fully saturated rings. The number of sulfonamides is 1. The Bertz CT molecular complexity index is 309. The van der Waals surface area contributed by atoms with Crippen molar-refractivity contribution in [2.75, 3.05) is 31.1 Å². The fourth-order valence-electron chi connectivity index (χ4n) is 1.74. The lowest BCUT2D eigenvalue weighted by Crippen LogP contribution is -2.44. The first-order valence-corrected chi connectivity index (χ1v) is 8.90. The molecule has 102 valence electrons. The summed E-state index contributed by atoms with van der Waals surface area (Å²) in [5, 5.41) is 2.86. The van der Waals surface area contributed by atoms with Crippen molar-refractivity contribution in [3.8, 4) is 0 Å². The van der Waals surface area contributed by atoms with Gasteiger partial charge in [0.2, 0.25) is 10.0 Å². The van der Waals surface area contributed by atoms with Gasteiger partial charge < -0.3 is 5.32 Å². The van der Waals surface area contributed by atoms with Crippen LogP contribution in [0.2, 0.25) is 0 Å². The van der Waals surface area contributed by atoms with Crippen molar-refractivity contribution in [1.82, 2.24) is 9.62 Å². The van der Waals surface area contributed by atoms with Gasteiger partial charge in [0, 0.05) is 31.4 Å². The number of thioether (sulfide) groups is 1. The minimum absolute atomic E-state index is 0.326. The fourth-order valence-corrected chi connectivity index (χ4v) is 4.29. The lowest BCUT2D eigenvalue weighted by atomic mass is 10.3. The van der Waals surface area contributed by atoms with E-state index in [1.165, 1.54) is 0 Å². The Morgan fingerprint density at radius 1 is 1.24 bits per heavy atom. The molecule has 0 amide bonds. The minimum Gasteiger partial charge on any atom is -0.313 e. The summed E-state index contributed by atoms with van der Waals surface area (Å²) in [5.41, 5.74) is 0.